The molecule has 37 heavy (non-hydrogen) atoms. The molecule has 0 aliphatic carbocycles. The number of anilines is 1. The lowest BCUT2D eigenvalue weighted by Crippen LogP contribution is -2.37. The molecule has 0 aliphatic rings. The van der Waals surface area contributed by atoms with Crippen molar-refractivity contribution < 1.29 is 28.3 Å². The Morgan fingerprint density at radius 3 is 2.24 bits per heavy atom. The van der Waals surface area contributed by atoms with E-state index in [1.807, 2.05) is 34.6 Å². The first-order chi connectivity index (χ1) is 17.4. The normalized spacial score (nSPS) is 13.9. The first-order valence-electron chi connectivity index (χ1n) is 12.5. The van der Waals surface area contributed by atoms with Crippen LogP contribution >= 0.6 is 8.45 Å². The van der Waals surface area contributed by atoms with Gasteiger partial charge in [-0.2, -0.15) is 4.98 Å². The summed E-state index contributed by atoms with van der Waals surface area (Å²) in [6.07, 6.45) is 2.06. The lowest BCUT2D eigenvalue weighted by molar-refractivity contribution is -0.149. The highest BCUT2D eigenvalue weighted by Gasteiger charge is 2.23. The molecule has 0 saturated heterocycles. The van der Waals surface area contributed by atoms with Gasteiger partial charge in [-0.3, -0.25) is 14.4 Å². The van der Waals surface area contributed by atoms with E-state index < -0.39 is 32.4 Å². The fourth-order valence-corrected chi connectivity index (χ4v) is 3.54. The molecule has 0 aromatic carbocycles. The Balaban J connectivity index is 0. The van der Waals surface area contributed by atoms with E-state index in [2.05, 4.69) is 15.2 Å². The molecule has 216 valence electrons. The molecule has 0 saturated carbocycles. The summed E-state index contributed by atoms with van der Waals surface area (Å²) in [5.74, 6) is -0.275. The highest BCUT2D eigenvalue weighted by Crippen LogP contribution is 2.28. The van der Waals surface area contributed by atoms with Gasteiger partial charge in [0.15, 0.2) is 8.45 Å². The third-order valence-corrected chi connectivity index (χ3v) is 5.78. The third kappa shape index (κ3) is 18.0. The Hall–Kier alpha value is -1.95. The van der Waals surface area contributed by atoms with Gasteiger partial charge in [0.1, 0.15) is 24.4 Å². The van der Waals surface area contributed by atoms with Crippen molar-refractivity contribution in [3.05, 3.63) is 22.7 Å². The van der Waals surface area contributed by atoms with Gasteiger partial charge in [0.05, 0.1) is 31.5 Å². The monoisotopic (exact) mass is 549 g/mol. The predicted octanol–water partition coefficient (Wildman–Crippen LogP) is 3.17. The van der Waals surface area contributed by atoms with Crippen molar-refractivity contribution in [2.45, 2.75) is 99.3 Å². The quantitative estimate of drug-likeness (QED) is 0.168. The maximum absolute atomic E-state index is 12.0. The van der Waals surface area contributed by atoms with E-state index >= 15 is 0 Å². The number of hydrogen-bond acceptors (Lipinski definition) is 11. The summed E-state index contributed by atoms with van der Waals surface area (Å²) in [6.45, 7) is 17.1. The maximum atomic E-state index is 12.0. The summed E-state index contributed by atoms with van der Waals surface area (Å²) in [6, 6.07) is 0.889. The second-order valence-electron chi connectivity index (χ2n) is 8.05. The molecule has 0 bridgehead atoms. The van der Waals surface area contributed by atoms with Crippen LogP contribution in [-0.4, -0.2) is 66.4 Å². The number of aldehydes is 1. The second kappa shape index (κ2) is 22.1. The number of nitrogen functional groups attached to an aromatic ring is 1. The maximum Gasteiger partial charge on any atom is 0.351 e. The number of carbonyl (C=O) groups excluding carboxylic acids is 2. The predicted molar refractivity (Wildman–Crippen MR) is 147 cm³/mol. The van der Waals surface area contributed by atoms with Crippen LogP contribution in [0.5, 0.6) is 0 Å². The summed E-state index contributed by atoms with van der Waals surface area (Å²) in [4.78, 5) is 38.4. The second-order valence-corrected chi connectivity index (χ2v) is 9.47. The van der Waals surface area contributed by atoms with Crippen molar-refractivity contribution >= 4 is 26.5 Å². The Morgan fingerprint density at radius 2 is 1.78 bits per heavy atom. The average Bonchev–Trinajstić information content (AvgIpc) is 2.85. The number of nitrogens with two attached hydrogens (primary N) is 1. The van der Waals surface area contributed by atoms with Gasteiger partial charge in [-0.25, -0.2) is 9.88 Å². The average molecular weight is 550 g/mol. The van der Waals surface area contributed by atoms with E-state index in [1.165, 1.54) is 16.8 Å². The highest BCUT2D eigenvalue weighted by molar-refractivity contribution is 7.48. The number of carbonyl (C=O) groups is 2. The fourth-order valence-electron chi connectivity index (χ4n) is 2.27. The molecule has 0 amide bonds. The van der Waals surface area contributed by atoms with Crippen molar-refractivity contribution in [3.63, 3.8) is 0 Å². The van der Waals surface area contributed by atoms with Gasteiger partial charge in [-0.1, -0.05) is 20.8 Å². The van der Waals surface area contributed by atoms with Crippen LogP contribution in [0.25, 0.3) is 0 Å². The minimum Gasteiger partial charge on any atom is -0.462 e. The zero-order valence-electron chi connectivity index (χ0n) is 24.0. The molecule has 0 fully saturated rings. The zero-order chi connectivity index (χ0) is 29.0. The van der Waals surface area contributed by atoms with Crippen LogP contribution in [0.15, 0.2) is 17.1 Å². The van der Waals surface area contributed by atoms with Gasteiger partial charge in [0.2, 0.25) is 0 Å². The standard InChI is InChI=1S/C18H32N5O6P.C4H10O.C2H6/c1-6-15(29-14(5)23-9-7-16(19)21-18(23)26)11-27-30(20-8-10-24)22-13(4)17(25)28-12(2)3;1-4(2)5-3;1-2/h7,9-10,12-15,20,22H,6,8,11H2,1-5H3,(H2,19,21,26);4H,1-3H3;1-2H3. The van der Waals surface area contributed by atoms with Gasteiger partial charge in [-0.15, -0.1) is 0 Å². The molecule has 0 radical (unpaired) electrons. The number of aromatic nitrogens is 2. The molecular formula is C24H48N5O7P. The minimum atomic E-state index is -1.50. The van der Waals surface area contributed by atoms with Crippen LogP contribution in [-0.2, 0) is 28.3 Å². The van der Waals surface area contributed by atoms with Crippen molar-refractivity contribution in [1.82, 2.24) is 19.7 Å². The van der Waals surface area contributed by atoms with E-state index in [1.54, 1.807) is 34.8 Å². The number of hydrogen-bond donors (Lipinski definition) is 3. The number of nitrogens with zero attached hydrogens (tertiary/aromatic N) is 2. The molecule has 13 heteroatoms. The summed E-state index contributed by atoms with van der Waals surface area (Å²) in [5, 5.41) is 5.91. The summed E-state index contributed by atoms with van der Waals surface area (Å²) < 4.78 is 23.0. The van der Waals surface area contributed by atoms with Gasteiger partial charge >= 0.3 is 11.7 Å². The molecule has 4 unspecified atom stereocenters. The Bertz CT molecular complexity index is 795. The number of methoxy groups -OCH3 is 1. The zero-order valence-corrected chi connectivity index (χ0v) is 24.9. The van der Waals surface area contributed by atoms with E-state index in [0.717, 1.165) is 0 Å². The molecule has 0 spiro atoms. The number of nitrogens with one attached hydrogen (secondary N) is 2. The van der Waals surface area contributed by atoms with Crippen molar-refractivity contribution in [2.75, 3.05) is 26.0 Å². The molecule has 1 aromatic heterocycles. The SMILES string of the molecule is CC.CCC(COP(NCC=O)NC(C)C(=O)OC(C)C)OC(C)n1ccc(N)nc1=O.COC(C)C. The van der Waals surface area contributed by atoms with Crippen molar-refractivity contribution in [2.24, 2.45) is 0 Å². The van der Waals surface area contributed by atoms with E-state index in [-0.39, 0.29) is 31.2 Å². The Labute approximate surface area is 222 Å². The molecule has 12 nitrogen and oxygen atoms in total. The van der Waals surface area contributed by atoms with Crippen LogP contribution < -0.4 is 21.6 Å². The summed E-state index contributed by atoms with van der Waals surface area (Å²) >= 11 is 0. The lowest BCUT2D eigenvalue weighted by Gasteiger charge is -2.26. The summed E-state index contributed by atoms with van der Waals surface area (Å²) in [5.41, 5.74) is 5.00. The molecule has 1 heterocycles. The Morgan fingerprint density at radius 1 is 1.19 bits per heavy atom. The minimum absolute atomic E-state index is 0.0607. The first-order valence-corrected chi connectivity index (χ1v) is 13.8. The van der Waals surface area contributed by atoms with E-state index in [9.17, 15) is 14.4 Å². The largest absolute Gasteiger partial charge is 0.462 e. The molecule has 1 rings (SSSR count). The molecule has 4 atom stereocenters. The highest BCUT2D eigenvalue weighted by atomic mass is 31.2. The summed E-state index contributed by atoms with van der Waals surface area (Å²) in [7, 11) is 0.198. The van der Waals surface area contributed by atoms with Crippen LogP contribution in [0.4, 0.5) is 5.82 Å². The van der Waals surface area contributed by atoms with E-state index in [4.69, 9.17) is 24.5 Å². The number of rotatable bonds is 15. The Kier molecular flexibility index (Phi) is 22.2. The molecular weight excluding hydrogens is 501 g/mol. The third-order valence-electron chi connectivity index (χ3n) is 4.28. The smallest absolute Gasteiger partial charge is 0.351 e. The van der Waals surface area contributed by atoms with Gasteiger partial charge in [0.25, 0.3) is 0 Å². The van der Waals surface area contributed by atoms with Gasteiger partial charge in [0, 0.05) is 13.3 Å². The van der Waals surface area contributed by atoms with Crippen LogP contribution in [0.3, 0.4) is 0 Å². The van der Waals surface area contributed by atoms with Crippen molar-refractivity contribution in [3.8, 4) is 0 Å². The number of esters is 1. The molecule has 1 aromatic rings. The number of ether oxygens (including phenoxy) is 3. The molecule has 4 N–H and O–H groups in total. The van der Waals surface area contributed by atoms with E-state index in [0.29, 0.717) is 18.8 Å². The van der Waals surface area contributed by atoms with Crippen molar-refractivity contribution in [1.29, 1.82) is 0 Å². The van der Waals surface area contributed by atoms with Crippen LogP contribution in [0, 0.1) is 0 Å². The fraction of sp³-hybridized carbons (Fsp3) is 0.750. The van der Waals surface area contributed by atoms with Crippen LogP contribution in [0.2, 0.25) is 0 Å². The van der Waals surface area contributed by atoms with Crippen LogP contribution in [0.1, 0.15) is 75.0 Å². The topological polar surface area (TPSA) is 156 Å². The molecule has 0 aliphatic heterocycles. The van der Waals surface area contributed by atoms with Gasteiger partial charge < -0.3 is 29.3 Å². The lowest BCUT2D eigenvalue weighted by atomic mass is 10.3. The van der Waals surface area contributed by atoms with Gasteiger partial charge in [-0.05, 0) is 54.0 Å². The first kappa shape index (κ1) is 37.2.